The fraction of sp³-hybridized carbons (Fsp3) is 0.304. The van der Waals surface area contributed by atoms with Crippen LogP contribution in [-0.2, 0) is 4.79 Å². The molecule has 0 aromatic heterocycles. The molecule has 1 heterocycles. The van der Waals surface area contributed by atoms with Crippen LogP contribution < -0.4 is 9.47 Å². The summed E-state index contributed by atoms with van der Waals surface area (Å²) >= 11 is 12.1. The summed E-state index contributed by atoms with van der Waals surface area (Å²) in [7, 11) is 0. The maximum Gasteiger partial charge on any atom is 0.314 e. The molecule has 1 saturated carbocycles. The Morgan fingerprint density at radius 1 is 1.14 bits per heavy atom. The third-order valence-corrected chi connectivity index (χ3v) is 6.00. The fourth-order valence-corrected chi connectivity index (χ4v) is 4.23. The summed E-state index contributed by atoms with van der Waals surface area (Å²) in [6.07, 6.45) is 6.61. The molecule has 4 nitrogen and oxygen atoms in total. The lowest BCUT2D eigenvalue weighted by molar-refractivity contribution is -0.140. The zero-order valence-electron chi connectivity index (χ0n) is 16.0. The molecule has 0 N–H and O–H groups in total. The van der Waals surface area contributed by atoms with E-state index in [0.29, 0.717) is 38.2 Å². The number of ether oxygens (including phenoxy) is 2. The van der Waals surface area contributed by atoms with Gasteiger partial charge in [0.15, 0.2) is 5.76 Å². The zero-order chi connectivity index (χ0) is 20.5. The summed E-state index contributed by atoms with van der Waals surface area (Å²) in [5.74, 6) is 0.516. The highest BCUT2D eigenvalue weighted by molar-refractivity contribution is 6.35. The lowest BCUT2D eigenvalue weighted by Crippen LogP contribution is -2.23. The number of fused-ring (bicyclic) bond motifs is 1. The van der Waals surface area contributed by atoms with Gasteiger partial charge in [-0.15, -0.1) is 0 Å². The first-order chi connectivity index (χ1) is 13.9. The molecule has 2 aromatic carbocycles. The Hall–Kier alpha value is -2.30. The van der Waals surface area contributed by atoms with E-state index < -0.39 is 0 Å². The van der Waals surface area contributed by atoms with Gasteiger partial charge in [0, 0.05) is 15.6 Å². The molecule has 0 radical (unpaired) electrons. The second-order valence-corrected chi connectivity index (χ2v) is 8.27. The van der Waals surface area contributed by atoms with Crippen LogP contribution in [0.15, 0.2) is 36.1 Å². The summed E-state index contributed by atoms with van der Waals surface area (Å²) in [6, 6.07) is 8.32. The molecule has 1 fully saturated rings. The van der Waals surface area contributed by atoms with E-state index in [1.54, 1.807) is 43.3 Å². The van der Waals surface area contributed by atoms with E-state index in [4.69, 9.17) is 32.7 Å². The zero-order valence-corrected chi connectivity index (χ0v) is 17.5. The third-order valence-electron chi connectivity index (χ3n) is 5.43. The van der Waals surface area contributed by atoms with Crippen LogP contribution in [0.25, 0.3) is 6.08 Å². The molecular formula is C23H20Cl2O4. The quantitative estimate of drug-likeness (QED) is 0.320. The highest BCUT2D eigenvalue weighted by Gasteiger charge is 2.31. The van der Waals surface area contributed by atoms with E-state index in [9.17, 15) is 9.59 Å². The van der Waals surface area contributed by atoms with Gasteiger partial charge >= 0.3 is 5.97 Å². The number of hydrogen-bond donors (Lipinski definition) is 0. The van der Waals surface area contributed by atoms with Crippen LogP contribution >= 0.6 is 23.2 Å². The minimum Gasteiger partial charge on any atom is -0.452 e. The van der Waals surface area contributed by atoms with Crippen molar-refractivity contribution in [1.82, 2.24) is 0 Å². The minimum atomic E-state index is -0.237. The number of hydrogen-bond acceptors (Lipinski definition) is 4. The summed E-state index contributed by atoms with van der Waals surface area (Å²) in [6.45, 7) is 1.79. The first-order valence-electron chi connectivity index (χ1n) is 9.68. The second kappa shape index (κ2) is 8.21. The van der Waals surface area contributed by atoms with E-state index >= 15 is 0 Å². The van der Waals surface area contributed by atoms with Crippen molar-refractivity contribution in [2.45, 2.75) is 39.0 Å². The van der Waals surface area contributed by atoms with Crippen molar-refractivity contribution in [2.24, 2.45) is 5.92 Å². The van der Waals surface area contributed by atoms with Gasteiger partial charge in [0.05, 0.1) is 11.5 Å². The minimum absolute atomic E-state index is 0.0542. The highest BCUT2D eigenvalue weighted by atomic mass is 35.5. The predicted octanol–water partition coefficient (Wildman–Crippen LogP) is 6.40. The number of Topliss-reactive ketones (excluding diaryl/α,β-unsaturated/α-hetero) is 1. The van der Waals surface area contributed by atoms with Gasteiger partial charge in [0.2, 0.25) is 5.78 Å². The first-order valence-corrected chi connectivity index (χ1v) is 10.4. The molecule has 2 aromatic rings. The van der Waals surface area contributed by atoms with Crippen LogP contribution in [0.3, 0.4) is 0 Å². The molecule has 0 bridgehead atoms. The number of allylic oxidation sites excluding steroid dienone is 1. The van der Waals surface area contributed by atoms with Crippen molar-refractivity contribution in [1.29, 1.82) is 0 Å². The summed E-state index contributed by atoms with van der Waals surface area (Å²) < 4.78 is 11.5. The standard InChI is InChI=1S/C23H20Cl2O4/c1-13-19(29-23(27)14-5-3-2-4-6-14)10-9-17-21(26)20(28-22(13)17)11-15-7-8-16(24)12-18(15)25/h7-12,14H,2-6H2,1H3/b20-11-. The molecule has 0 saturated heterocycles. The van der Waals surface area contributed by atoms with Crippen LogP contribution in [0.5, 0.6) is 11.5 Å². The second-order valence-electron chi connectivity index (χ2n) is 7.43. The Morgan fingerprint density at radius 3 is 2.62 bits per heavy atom. The topological polar surface area (TPSA) is 52.6 Å². The van der Waals surface area contributed by atoms with Crippen LogP contribution in [0.2, 0.25) is 10.0 Å². The fourth-order valence-electron chi connectivity index (χ4n) is 3.77. The van der Waals surface area contributed by atoms with E-state index in [0.717, 1.165) is 25.7 Å². The maximum absolute atomic E-state index is 12.7. The van der Waals surface area contributed by atoms with E-state index in [2.05, 4.69) is 0 Å². The lowest BCUT2D eigenvalue weighted by Gasteiger charge is -2.20. The van der Waals surface area contributed by atoms with E-state index in [-0.39, 0.29) is 23.4 Å². The number of halogens is 2. The SMILES string of the molecule is Cc1c(OC(=O)C2CCCCC2)ccc2c1O/C(=C\c1ccc(Cl)cc1Cl)C2=O. The highest BCUT2D eigenvalue weighted by Crippen LogP contribution is 2.40. The Morgan fingerprint density at radius 2 is 1.90 bits per heavy atom. The molecule has 0 unspecified atom stereocenters. The largest absolute Gasteiger partial charge is 0.452 e. The van der Waals surface area contributed by atoms with Crippen molar-refractivity contribution in [3.05, 3.63) is 62.8 Å². The number of carbonyl (C=O) groups is 2. The molecule has 0 atom stereocenters. The van der Waals surface area contributed by atoms with Gasteiger partial charge in [-0.1, -0.05) is 48.5 Å². The number of benzene rings is 2. The van der Waals surface area contributed by atoms with Crippen molar-refractivity contribution in [3.63, 3.8) is 0 Å². The van der Waals surface area contributed by atoms with Gasteiger partial charge in [-0.2, -0.15) is 0 Å². The number of esters is 1. The smallest absolute Gasteiger partial charge is 0.314 e. The molecule has 4 rings (SSSR count). The number of ketones is 1. The van der Waals surface area contributed by atoms with E-state index in [1.165, 1.54) is 6.42 Å². The normalized spacial score (nSPS) is 17.9. The Labute approximate surface area is 179 Å². The monoisotopic (exact) mass is 430 g/mol. The average Bonchev–Trinajstić information content (AvgIpc) is 3.03. The first kappa shape index (κ1) is 20.0. The molecule has 6 heteroatoms. The maximum atomic E-state index is 12.7. The Bertz CT molecular complexity index is 1020. The molecule has 2 aliphatic rings. The number of rotatable bonds is 3. The summed E-state index contributed by atoms with van der Waals surface area (Å²) in [5, 5.41) is 0.940. The molecule has 29 heavy (non-hydrogen) atoms. The van der Waals surface area contributed by atoms with Crippen LogP contribution in [0, 0.1) is 12.8 Å². The van der Waals surface area contributed by atoms with Crippen LogP contribution in [0.1, 0.15) is 53.6 Å². The van der Waals surface area contributed by atoms with Gasteiger partial charge < -0.3 is 9.47 Å². The Kier molecular flexibility index (Phi) is 5.66. The summed E-state index contributed by atoms with van der Waals surface area (Å²) in [4.78, 5) is 25.2. The molecule has 0 amide bonds. The Balaban J connectivity index is 1.58. The van der Waals surface area contributed by atoms with Crippen molar-refractivity contribution in [2.75, 3.05) is 0 Å². The van der Waals surface area contributed by atoms with E-state index in [1.807, 2.05) is 0 Å². The molecule has 1 aliphatic carbocycles. The molecular weight excluding hydrogens is 411 g/mol. The molecule has 0 spiro atoms. The lowest BCUT2D eigenvalue weighted by atomic mass is 9.89. The van der Waals surface area contributed by atoms with Gasteiger partial charge in [-0.25, -0.2) is 0 Å². The van der Waals surface area contributed by atoms with Gasteiger partial charge in [0.1, 0.15) is 11.5 Å². The molecule has 150 valence electrons. The number of carbonyl (C=O) groups excluding carboxylic acids is 2. The average molecular weight is 431 g/mol. The van der Waals surface area contributed by atoms with Crippen LogP contribution in [-0.4, -0.2) is 11.8 Å². The van der Waals surface area contributed by atoms with Gasteiger partial charge in [-0.3, -0.25) is 9.59 Å². The van der Waals surface area contributed by atoms with Crippen molar-refractivity contribution in [3.8, 4) is 11.5 Å². The molecule has 1 aliphatic heterocycles. The predicted molar refractivity (Wildman–Crippen MR) is 113 cm³/mol. The van der Waals surface area contributed by atoms with Crippen LogP contribution in [0.4, 0.5) is 0 Å². The third kappa shape index (κ3) is 4.05. The van der Waals surface area contributed by atoms with Gasteiger partial charge in [0.25, 0.3) is 0 Å². The summed E-state index contributed by atoms with van der Waals surface area (Å²) in [5.41, 5.74) is 1.70. The van der Waals surface area contributed by atoms with Crippen molar-refractivity contribution < 1.29 is 19.1 Å². The van der Waals surface area contributed by atoms with Crippen molar-refractivity contribution >= 4 is 41.0 Å². The van der Waals surface area contributed by atoms with Gasteiger partial charge in [-0.05, 0) is 55.7 Å².